The molecule has 1 nitrogen and oxygen atoms in total. The second-order valence-corrected chi connectivity index (χ2v) is 14.2. The molecule has 0 bridgehead atoms. The minimum absolute atomic E-state index is 0.175. The largest absolute Gasteiger partial charge is 0.456 e. The minimum atomic E-state index is -0.434. The molecule has 0 N–H and O–H groups in total. The Balaban J connectivity index is 1.26. The van der Waals surface area contributed by atoms with E-state index in [0.717, 1.165) is 38.2 Å². The summed E-state index contributed by atoms with van der Waals surface area (Å²) in [5, 5.41) is 4.39. The molecule has 1 aliphatic carbocycles. The SMILES string of the molecule is [2H]c1c([2H])c([2H])c2c(-c3ccc4oc5cc6ccccc6cc5c4c3)c3c([2H])c([2H])c([2H])c([2H])c3c(-c3cccc(-c4cccc5c4C(C)(C)c4ccccc4-5)c3)c2c1[2H]. The fourth-order valence-corrected chi connectivity index (χ4v) is 8.75. The Bertz CT molecular complexity index is 3480. The van der Waals surface area contributed by atoms with Gasteiger partial charge in [-0.2, -0.15) is 0 Å². The molecule has 0 fully saturated rings. The molecule has 244 valence electrons. The van der Waals surface area contributed by atoms with Gasteiger partial charge in [-0.25, -0.2) is 0 Å². The number of fused-ring (bicyclic) bond motifs is 9. The average Bonchev–Trinajstić information content (AvgIpc) is 3.74. The molecule has 1 heterocycles. The molecule has 0 atom stereocenters. The molecule has 1 aliphatic rings. The maximum atomic E-state index is 9.51. The Morgan fingerprint density at radius 1 is 0.442 bits per heavy atom. The molecule has 1 heteroatoms. The summed E-state index contributed by atoms with van der Waals surface area (Å²) in [6, 6.07) is 37.2. The van der Waals surface area contributed by atoms with Crippen LogP contribution in [0, 0.1) is 0 Å². The Morgan fingerprint density at radius 3 is 1.73 bits per heavy atom. The van der Waals surface area contributed by atoms with E-state index in [-0.39, 0.29) is 51.1 Å². The third-order valence-corrected chi connectivity index (χ3v) is 11.0. The summed E-state index contributed by atoms with van der Waals surface area (Å²) in [7, 11) is 0. The van der Waals surface area contributed by atoms with Gasteiger partial charge in [0.25, 0.3) is 0 Å². The fraction of sp³-hybridized carbons (Fsp3) is 0.0588. The summed E-state index contributed by atoms with van der Waals surface area (Å²) in [5.74, 6) is 0. The second-order valence-electron chi connectivity index (χ2n) is 14.2. The summed E-state index contributed by atoms with van der Waals surface area (Å²) in [4.78, 5) is 0. The first-order valence-electron chi connectivity index (χ1n) is 21.5. The molecule has 0 unspecified atom stereocenters. The lowest BCUT2D eigenvalue weighted by Gasteiger charge is -2.25. The predicted molar refractivity (Wildman–Crippen MR) is 220 cm³/mol. The number of furan rings is 1. The van der Waals surface area contributed by atoms with E-state index in [1.807, 2.05) is 72.8 Å². The number of hydrogen-bond donors (Lipinski definition) is 0. The summed E-state index contributed by atoms with van der Waals surface area (Å²) < 4.78 is 80.0. The Morgan fingerprint density at radius 2 is 1.00 bits per heavy atom. The van der Waals surface area contributed by atoms with E-state index < -0.39 is 24.2 Å². The van der Waals surface area contributed by atoms with Crippen LogP contribution in [-0.2, 0) is 5.41 Å². The molecule has 11 rings (SSSR count). The van der Waals surface area contributed by atoms with Crippen LogP contribution in [0.3, 0.4) is 0 Å². The van der Waals surface area contributed by atoms with Crippen LogP contribution in [0.25, 0.3) is 98.8 Å². The van der Waals surface area contributed by atoms with Crippen LogP contribution in [0.2, 0.25) is 0 Å². The molecule has 0 aliphatic heterocycles. The zero-order chi connectivity index (χ0) is 41.5. The molecule has 52 heavy (non-hydrogen) atoms. The van der Waals surface area contributed by atoms with E-state index in [2.05, 4.69) is 56.3 Å². The summed E-state index contributed by atoms with van der Waals surface area (Å²) in [5.41, 5.74) is 9.35. The molecular formula is C51H34O. The van der Waals surface area contributed by atoms with Gasteiger partial charge in [0.05, 0.1) is 11.0 Å². The molecule has 0 radical (unpaired) electrons. The zero-order valence-corrected chi connectivity index (χ0v) is 28.5. The maximum Gasteiger partial charge on any atom is 0.136 e. The Hall–Kier alpha value is -6.44. The van der Waals surface area contributed by atoms with Crippen molar-refractivity contribution in [1.82, 2.24) is 0 Å². The van der Waals surface area contributed by atoms with Crippen molar-refractivity contribution in [3.63, 3.8) is 0 Å². The molecule has 0 spiro atoms. The van der Waals surface area contributed by atoms with Crippen molar-refractivity contribution in [2.45, 2.75) is 19.3 Å². The van der Waals surface area contributed by atoms with E-state index in [9.17, 15) is 5.48 Å². The quantitative estimate of drug-likeness (QED) is 0.171. The van der Waals surface area contributed by atoms with Gasteiger partial charge in [-0.3, -0.25) is 0 Å². The summed E-state index contributed by atoms with van der Waals surface area (Å²) >= 11 is 0. The van der Waals surface area contributed by atoms with Crippen molar-refractivity contribution in [2.75, 3.05) is 0 Å². The van der Waals surface area contributed by atoms with Gasteiger partial charge < -0.3 is 4.42 Å². The van der Waals surface area contributed by atoms with Gasteiger partial charge in [-0.05, 0) is 118 Å². The highest BCUT2D eigenvalue weighted by Crippen LogP contribution is 2.52. The Kier molecular flexibility index (Phi) is 4.64. The molecule has 1 aromatic heterocycles. The van der Waals surface area contributed by atoms with Crippen LogP contribution in [0.4, 0.5) is 0 Å². The van der Waals surface area contributed by atoms with Crippen molar-refractivity contribution in [2.24, 2.45) is 0 Å². The van der Waals surface area contributed by atoms with Crippen LogP contribution in [0.15, 0.2) is 174 Å². The maximum absolute atomic E-state index is 9.51. The first kappa shape index (κ1) is 22.4. The first-order chi connectivity index (χ1) is 28.9. The van der Waals surface area contributed by atoms with Gasteiger partial charge >= 0.3 is 0 Å². The predicted octanol–water partition coefficient (Wildman–Crippen LogP) is 14.4. The lowest BCUT2D eigenvalue weighted by atomic mass is 9.78. The van der Waals surface area contributed by atoms with Gasteiger partial charge in [0, 0.05) is 16.2 Å². The standard InChI is InChI=1S/C51H34O/c1-51(2)45-24-10-9-17-37(45)42-23-12-22-36(50(42)51)33-15-11-16-34(27-33)48-38-18-5-7-20-40(38)49(41-21-8-6-19-39(41)48)35-25-26-46-43(29-35)44-28-31-13-3-4-14-32(31)30-47(44)52-46/h3-30H,1-2H3/i5D,6D,7D,8D,18D,19D,20D,21D. The topological polar surface area (TPSA) is 13.1 Å². The van der Waals surface area contributed by atoms with Crippen LogP contribution >= 0.6 is 0 Å². The third-order valence-electron chi connectivity index (χ3n) is 11.0. The molecule has 0 amide bonds. The van der Waals surface area contributed by atoms with Crippen molar-refractivity contribution >= 4 is 54.3 Å². The van der Waals surface area contributed by atoms with Gasteiger partial charge in [0.1, 0.15) is 11.2 Å². The highest BCUT2D eigenvalue weighted by molar-refractivity contribution is 6.22. The van der Waals surface area contributed by atoms with Crippen LogP contribution in [0.5, 0.6) is 0 Å². The summed E-state index contributed by atoms with van der Waals surface area (Å²) in [6.07, 6.45) is 0. The highest BCUT2D eigenvalue weighted by atomic mass is 16.3. The van der Waals surface area contributed by atoms with E-state index in [0.29, 0.717) is 33.4 Å². The molecule has 9 aromatic carbocycles. The summed E-state index contributed by atoms with van der Waals surface area (Å²) in [6.45, 7) is 4.45. The van der Waals surface area contributed by atoms with E-state index in [1.54, 1.807) is 6.07 Å². The van der Waals surface area contributed by atoms with Gasteiger partial charge in [-0.1, -0.05) is 153 Å². The van der Waals surface area contributed by atoms with E-state index >= 15 is 0 Å². The molecule has 0 saturated carbocycles. The zero-order valence-electron chi connectivity index (χ0n) is 36.5. The molecule has 10 aromatic rings. The monoisotopic (exact) mass is 670 g/mol. The number of hydrogen-bond acceptors (Lipinski definition) is 1. The lowest BCUT2D eigenvalue weighted by Crippen LogP contribution is -2.16. The van der Waals surface area contributed by atoms with Crippen molar-refractivity contribution in [3.05, 3.63) is 181 Å². The molecule has 0 saturated heterocycles. The van der Waals surface area contributed by atoms with E-state index in [4.69, 9.17) is 9.90 Å². The van der Waals surface area contributed by atoms with Crippen LogP contribution in [-0.4, -0.2) is 0 Å². The lowest BCUT2D eigenvalue weighted by molar-refractivity contribution is 0.662. The second kappa shape index (κ2) is 10.8. The first-order valence-corrected chi connectivity index (χ1v) is 17.5. The average molecular weight is 671 g/mol. The number of rotatable bonds is 3. The van der Waals surface area contributed by atoms with Crippen molar-refractivity contribution in [1.29, 1.82) is 0 Å². The van der Waals surface area contributed by atoms with Crippen LogP contribution < -0.4 is 0 Å². The van der Waals surface area contributed by atoms with Gasteiger partial charge in [-0.15, -0.1) is 0 Å². The van der Waals surface area contributed by atoms with Gasteiger partial charge in [0.2, 0.25) is 0 Å². The van der Waals surface area contributed by atoms with Crippen molar-refractivity contribution in [3.8, 4) is 44.5 Å². The minimum Gasteiger partial charge on any atom is -0.456 e. The Labute approximate surface area is 313 Å². The smallest absolute Gasteiger partial charge is 0.136 e. The number of benzene rings is 9. The van der Waals surface area contributed by atoms with Crippen molar-refractivity contribution < 1.29 is 15.4 Å². The van der Waals surface area contributed by atoms with Crippen LogP contribution in [0.1, 0.15) is 35.9 Å². The van der Waals surface area contributed by atoms with Gasteiger partial charge in [0.15, 0.2) is 0 Å². The fourth-order valence-electron chi connectivity index (χ4n) is 8.75. The third kappa shape index (κ3) is 4.11. The molecular weight excluding hydrogens is 629 g/mol. The van der Waals surface area contributed by atoms with E-state index in [1.165, 1.54) is 16.7 Å². The normalized spacial score (nSPS) is 15.5. The highest BCUT2D eigenvalue weighted by Gasteiger charge is 2.37.